The first-order valence-corrected chi connectivity index (χ1v) is 12.2. The van der Waals surface area contributed by atoms with Gasteiger partial charge in [0.25, 0.3) is 15.9 Å². The molecule has 3 rings (SSSR count). The summed E-state index contributed by atoms with van der Waals surface area (Å²) in [7, 11) is -3.93. The van der Waals surface area contributed by atoms with E-state index in [0.29, 0.717) is 5.56 Å². The molecule has 1 heterocycles. The number of sulfonamides is 1. The summed E-state index contributed by atoms with van der Waals surface area (Å²) < 4.78 is 33.0. The Morgan fingerprint density at radius 3 is 2.39 bits per heavy atom. The molecule has 0 spiro atoms. The maximum Gasteiger partial charge on any atom is 0.348 e. The fourth-order valence-corrected chi connectivity index (χ4v) is 5.11. The summed E-state index contributed by atoms with van der Waals surface area (Å²) in [5.41, 5.74) is 1.60. The summed E-state index contributed by atoms with van der Waals surface area (Å²) >= 11 is 0.931. The minimum absolute atomic E-state index is 0.0563. The van der Waals surface area contributed by atoms with Gasteiger partial charge in [-0.1, -0.05) is 29.8 Å². The number of hydrogen-bond donors (Lipinski definition) is 2. The van der Waals surface area contributed by atoms with Crippen molar-refractivity contribution in [2.45, 2.75) is 25.7 Å². The molecule has 33 heavy (non-hydrogen) atoms. The number of hydrogen-bond acceptors (Lipinski definition) is 7. The Labute approximate surface area is 195 Å². The van der Waals surface area contributed by atoms with Crippen molar-refractivity contribution in [3.63, 3.8) is 0 Å². The van der Waals surface area contributed by atoms with Crippen molar-refractivity contribution in [1.82, 2.24) is 0 Å². The van der Waals surface area contributed by atoms with Crippen LogP contribution in [0.5, 0.6) is 0 Å². The summed E-state index contributed by atoms with van der Waals surface area (Å²) in [6.07, 6.45) is 0. The average Bonchev–Trinajstić information content (AvgIpc) is 3.09. The zero-order valence-corrected chi connectivity index (χ0v) is 19.8. The lowest BCUT2D eigenvalue weighted by atomic mass is 10.1. The van der Waals surface area contributed by atoms with Crippen molar-refractivity contribution < 1.29 is 22.7 Å². The molecular weight excluding hydrogens is 462 g/mol. The molecule has 0 atom stereocenters. The number of anilines is 2. The molecule has 8 nitrogen and oxygen atoms in total. The molecule has 0 fully saturated rings. The van der Waals surface area contributed by atoms with Crippen LogP contribution in [-0.4, -0.2) is 26.9 Å². The number of aryl methyl sites for hydroxylation is 1. The van der Waals surface area contributed by atoms with Gasteiger partial charge >= 0.3 is 5.97 Å². The molecule has 0 bridgehead atoms. The van der Waals surface area contributed by atoms with E-state index in [-0.39, 0.29) is 38.2 Å². The monoisotopic (exact) mass is 483 g/mol. The second kappa shape index (κ2) is 9.85. The highest BCUT2D eigenvalue weighted by Crippen LogP contribution is 2.34. The van der Waals surface area contributed by atoms with Crippen molar-refractivity contribution in [2.75, 3.05) is 16.6 Å². The summed E-state index contributed by atoms with van der Waals surface area (Å²) in [5.74, 6) is -1.21. The van der Waals surface area contributed by atoms with Crippen LogP contribution >= 0.6 is 11.3 Å². The number of para-hydroxylation sites is 1. The first-order valence-electron chi connectivity index (χ1n) is 9.88. The molecular formula is C23H21N3O5S2. The smallest absolute Gasteiger partial charge is 0.348 e. The predicted molar refractivity (Wildman–Crippen MR) is 126 cm³/mol. The van der Waals surface area contributed by atoms with E-state index < -0.39 is 21.9 Å². The fraction of sp³-hybridized carbons (Fsp3) is 0.174. The normalized spacial score (nSPS) is 10.8. The second-order valence-electron chi connectivity index (χ2n) is 7.01. The SMILES string of the molecule is CCOC(=O)c1sc(NC(=O)c2ccccc2NS(=O)(=O)c2ccc(C)cc2)c(C#N)c1C. The topological polar surface area (TPSA) is 125 Å². The van der Waals surface area contributed by atoms with E-state index >= 15 is 0 Å². The van der Waals surface area contributed by atoms with Gasteiger partial charge in [0.1, 0.15) is 15.9 Å². The van der Waals surface area contributed by atoms with Gasteiger partial charge in [-0.3, -0.25) is 9.52 Å². The Bertz CT molecular complexity index is 1350. The first-order chi connectivity index (χ1) is 15.7. The molecule has 0 radical (unpaired) electrons. The van der Waals surface area contributed by atoms with Crippen molar-refractivity contribution in [3.8, 4) is 6.07 Å². The van der Waals surface area contributed by atoms with Gasteiger partial charge in [-0.25, -0.2) is 13.2 Å². The number of nitrogens with zero attached hydrogens (tertiary/aromatic N) is 1. The van der Waals surface area contributed by atoms with E-state index in [1.807, 2.05) is 13.0 Å². The van der Waals surface area contributed by atoms with Gasteiger partial charge in [-0.2, -0.15) is 5.26 Å². The maximum atomic E-state index is 13.0. The third-order valence-corrected chi connectivity index (χ3v) is 7.26. The van der Waals surface area contributed by atoms with E-state index in [9.17, 15) is 23.3 Å². The lowest BCUT2D eigenvalue weighted by Gasteiger charge is -2.12. The number of carbonyl (C=O) groups excluding carboxylic acids is 2. The molecule has 1 aromatic heterocycles. The third-order valence-electron chi connectivity index (χ3n) is 4.69. The van der Waals surface area contributed by atoms with Crippen LogP contribution in [0.4, 0.5) is 10.7 Å². The average molecular weight is 484 g/mol. The number of rotatable bonds is 7. The Kier molecular flexibility index (Phi) is 7.16. The van der Waals surface area contributed by atoms with Crippen LogP contribution < -0.4 is 10.0 Å². The molecule has 0 saturated carbocycles. The molecule has 2 aromatic carbocycles. The number of nitriles is 1. The highest BCUT2D eigenvalue weighted by atomic mass is 32.2. The molecule has 0 unspecified atom stereocenters. The number of nitrogens with one attached hydrogen (secondary N) is 2. The highest BCUT2D eigenvalue weighted by Gasteiger charge is 2.24. The fourth-order valence-electron chi connectivity index (χ4n) is 2.99. The van der Waals surface area contributed by atoms with E-state index in [4.69, 9.17) is 4.74 Å². The number of esters is 1. The van der Waals surface area contributed by atoms with Crippen molar-refractivity contribution in [1.29, 1.82) is 5.26 Å². The summed E-state index contributed by atoms with van der Waals surface area (Å²) in [6.45, 7) is 5.29. The minimum atomic E-state index is -3.93. The van der Waals surface area contributed by atoms with Crippen LogP contribution in [0.25, 0.3) is 0 Å². The third kappa shape index (κ3) is 5.22. The van der Waals surface area contributed by atoms with Gasteiger partial charge in [0.2, 0.25) is 0 Å². The maximum absolute atomic E-state index is 13.0. The predicted octanol–water partition coefficient (Wildman–Crippen LogP) is 4.47. The molecule has 3 aromatic rings. The van der Waals surface area contributed by atoms with Gasteiger partial charge in [0, 0.05) is 0 Å². The molecule has 0 saturated heterocycles. The van der Waals surface area contributed by atoms with Crippen molar-refractivity contribution in [3.05, 3.63) is 75.7 Å². The van der Waals surface area contributed by atoms with Crippen LogP contribution in [0.2, 0.25) is 0 Å². The quantitative estimate of drug-likeness (QED) is 0.478. The zero-order valence-electron chi connectivity index (χ0n) is 18.1. The largest absolute Gasteiger partial charge is 0.462 e. The number of ether oxygens (including phenoxy) is 1. The van der Waals surface area contributed by atoms with Crippen molar-refractivity contribution in [2.24, 2.45) is 0 Å². The Hall–Kier alpha value is -3.68. The second-order valence-corrected chi connectivity index (χ2v) is 9.71. The first kappa shape index (κ1) is 24.0. The number of amides is 1. The molecule has 0 aliphatic rings. The lowest BCUT2D eigenvalue weighted by Crippen LogP contribution is -2.18. The standard InChI is InChI=1S/C23H21N3O5S2/c1-4-31-23(28)20-15(3)18(13-24)22(32-20)25-21(27)17-7-5-6-8-19(17)26-33(29,30)16-11-9-14(2)10-12-16/h5-12,26H,4H2,1-3H3,(H,25,27). The van der Waals surface area contributed by atoms with Crippen molar-refractivity contribution >= 4 is 43.9 Å². The summed E-state index contributed by atoms with van der Waals surface area (Å²) in [5, 5.41) is 12.3. The number of thiophene rings is 1. The van der Waals surface area contributed by atoms with Crippen LogP contribution in [0, 0.1) is 25.2 Å². The van der Waals surface area contributed by atoms with Gasteiger partial charge in [-0.05, 0) is 50.6 Å². The minimum Gasteiger partial charge on any atom is -0.462 e. The van der Waals surface area contributed by atoms with Crippen LogP contribution in [0.15, 0.2) is 53.4 Å². The van der Waals surface area contributed by atoms with E-state index in [2.05, 4.69) is 10.0 Å². The van der Waals surface area contributed by atoms with Gasteiger partial charge in [-0.15, -0.1) is 11.3 Å². The van der Waals surface area contributed by atoms with Gasteiger partial charge in [0.15, 0.2) is 0 Å². The Morgan fingerprint density at radius 2 is 1.76 bits per heavy atom. The molecule has 170 valence electrons. The Morgan fingerprint density at radius 1 is 1.09 bits per heavy atom. The van der Waals surface area contributed by atoms with Crippen LogP contribution in [0.3, 0.4) is 0 Å². The van der Waals surface area contributed by atoms with E-state index in [1.54, 1.807) is 38.1 Å². The number of carbonyl (C=O) groups is 2. The summed E-state index contributed by atoms with van der Waals surface area (Å²) in [4.78, 5) is 25.5. The lowest BCUT2D eigenvalue weighted by molar-refractivity contribution is 0.0531. The zero-order chi connectivity index (χ0) is 24.2. The highest BCUT2D eigenvalue weighted by molar-refractivity contribution is 7.92. The van der Waals surface area contributed by atoms with Crippen LogP contribution in [0.1, 0.15) is 43.6 Å². The number of benzene rings is 2. The molecule has 0 aliphatic heterocycles. The molecule has 10 heteroatoms. The molecule has 0 aliphatic carbocycles. The van der Waals surface area contributed by atoms with Gasteiger partial charge in [0.05, 0.1) is 28.3 Å². The van der Waals surface area contributed by atoms with Crippen LogP contribution in [-0.2, 0) is 14.8 Å². The Balaban J connectivity index is 1.91. The molecule has 1 amide bonds. The molecule has 2 N–H and O–H groups in total. The summed E-state index contributed by atoms with van der Waals surface area (Å²) in [6, 6.07) is 14.4. The van der Waals surface area contributed by atoms with E-state index in [1.165, 1.54) is 24.3 Å². The van der Waals surface area contributed by atoms with E-state index in [0.717, 1.165) is 16.9 Å². The van der Waals surface area contributed by atoms with Gasteiger partial charge < -0.3 is 10.1 Å².